The number of benzene rings is 2. The van der Waals surface area contributed by atoms with Gasteiger partial charge in [-0.3, -0.25) is 0 Å². The number of aromatic nitrogens is 2. The topological polar surface area (TPSA) is 52.0 Å². The van der Waals surface area contributed by atoms with E-state index in [0.717, 1.165) is 5.56 Å². The van der Waals surface area contributed by atoms with Crippen molar-refractivity contribution in [1.82, 2.24) is 8.96 Å². The van der Waals surface area contributed by atoms with Gasteiger partial charge < -0.3 is 0 Å². The van der Waals surface area contributed by atoms with Gasteiger partial charge in [0, 0.05) is 24.2 Å². The standard InChI is InChI=1S/C20H15FN2O2S/c21-19-9-5-4-6-16(19)14-15-10-12-22-20-18(15)11-13-23(20)26(24,25)17-7-2-1-3-8-17/h1-13H,14H2. The molecule has 4 aromatic rings. The quantitative estimate of drug-likeness (QED) is 0.548. The van der Waals surface area contributed by atoms with Crippen molar-refractivity contribution < 1.29 is 12.8 Å². The van der Waals surface area contributed by atoms with Crippen LogP contribution in [-0.2, 0) is 16.4 Å². The Morgan fingerprint density at radius 1 is 0.885 bits per heavy atom. The molecule has 4 rings (SSSR count). The number of fused-ring (bicyclic) bond motifs is 1. The average Bonchev–Trinajstić information content (AvgIpc) is 3.10. The van der Waals surface area contributed by atoms with E-state index < -0.39 is 10.0 Å². The Kier molecular flexibility index (Phi) is 4.05. The highest BCUT2D eigenvalue weighted by atomic mass is 32.2. The van der Waals surface area contributed by atoms with E-state index >= 15 is 0 Å². The predicted molar refractivity (Wildman–Crippen MR) is 98.0 cm³/mol. The van der Waals surface area contributed by atoms with Crippen LogP contribution in [0.4, 0.5) is 4.39 Å². The van der Waals surface area contributed by atoms with Gasteiger partial charge in [0.05, 0.1) is 4.90 Å². The van der Waals surface area contributed by atoms with Gasteiger partial charge in [0.15, 0.2) is 5.65 Å². The number of halogens is 1. The summed E-state index contributed by atoms with van der Waals surface area (Å²) in [5, 5.41) is 0.690. The Bertz CT molecular complexity index is 1180. The third-order valence-electron chi connectivity index (χ3n) is 4.28. The van der Waals surface area contributed by atoms with Crippen molar-refractivity contribution in [2.75, 3.05) is 0 Å². The molecule has 0 saturated heterocycles. The van der Waals surface area contributed by atoms with Gasteiger partial charge in [-0.2, -0.15) is 0 Å². The van der Waals surface area contributed by atoms with Gasteiger partial charge in [-0.1, -0.05) is 36.4 Å². The molecule has 130 valence electrons. The molecular formula is C20H15FN2O2S. The van der Waals surface area contributed by atoms with E-state index in [2.05, 4.69) is 4.98 Å². The van der Waals surface area contributed by atoms with E-state index in [1.54, 1.807) is 66.9 Å². The number of pyridine rings is 1. The van der Waals surface area contributed by atoms with Gasteiger partial charge in [-0.05, 0) is 41.5 Å². The fraction of sp³-hybridized carbons (Fsp3) is 0.0500. The first kappa shape index (κ1) is 16.5. The normalized spacial score (nSPS) is 11.7. The maximum absolute atomic E-state index is 14.0. The van der Waals surface area contributed by atoms with Crippen LogP contribution in [0.5, 0.6) is 0 Å². The highest BCUT2D eigenvalue weighted by Crippen LogP contribution is 2.25. The molecule has 0 spiro atoms. The first-order chi connectivity index (χ1) is 12.6. The third-order valence-corrected chi connectivity index (χ3v) is 5.96. The average molecular weight is 366 g/mol. The van der Waals surface area contributed by atoms with Crippen LogP contribution in [0.15, 0.2) is 84.0 Å². The lowest BCUT2D eigenvalue weighted by atomic mass is 10.0. The van der Waals surface area contributed by atoms with E-state index in [1.807, 2.05) is 0 Å². The second kappa shape index (κ2) is 6.38. The Morgan fingerprint density at radius 3 is 2.38 bits per heavy atom. The summed E-state index contributed by atoms with van der Waals surface area (Å²) in [5.41, 5.74) is 1.71. The summed E-state index contributed by atoms with van der Waals surface area (Å²) in [6, 6.07) is 18.3. The van der Waals surface area contributed by atoms with Crippen LogP contribution in [0.3, 0.4) is 0 Å². The number of hydrogen-bond acceptors (Lipinski definition) is 3. The number of hydrogen-bond donors (Lipinski definition) is 0. The summed E-state index contributed by atoms with van der Waals surface area (Å²) in [5.74, 6) is -0.284. The van der Waals surface area contributed by atoms with Gasteiger partial charge in [0.1, 0.15) is 5.82 Å². The smallest absolute Gasteiger partial charge is 0.237 e. The van der Waals surface area contributed by atoms with Gasteiger partial charge in [0.2, 0.25) is 0 Å². The van der Waals surface area contributed by atoms with Crippen molar-refractivity contribution in [3.05, 3.63) is 96.1 Å². The van der Waals surface area contributed by atoms with Gasteiger partial charge >= 0.3 is 0 Å². The molecule has 2 aromatic heterocycles. The second-order valence-corrected chi connectivity index (χ2v) is 7.72. The van der Waals surface area contributed by atoms with Crippen molar-refractivity contribution in [1.29, 1.82) is 0 Å². The SMILES string of the molecule is O=S(=O)(c1ccccc1)n1ccc2c(Cc3ccccc3F)ccnc21. The summed E-state index contributed by atoms with van der Waals surface area (Å²) >= 11 is 0. The van der Waals surface area contributed by atoms with Crippen LogP contribution in [-0.4, -0.2) is 17.4 Å². The first-order valence-corrected chi connectivity index (χ1v) is 9.50. The fourth-order valence-corrected chi connectivity index (χ4v) is 4.29. The van der Waals surface area contributed by atoms with Crippen LogP contribution in [0.2, 0.25) is 0 Å². The van der Waals surface area contributed by atoms with Crippen LogP contribution in [0.1, 0.15) is 11.1 Å². The Hall–Kier alpha value is -2.99. The molecule has 0 unspecified atom stereocenters. The minimum absolute atomic E-state index is 0.193. The molecule has 0 amide bonds. The maximum Gasteiger partial charge on any atom is 0.269 e. The van der Waals surface area contributed by atoms with E-state index in [4.69, 9.17) is 0 Å². The molecule has 0 aliphatic rings. The van der Waals surface area contributed by atoms with Gasteiger partial charge in [-0.25, -0.2) is 21.8 Å². The molecular weight excluding hydrogens is 351 g/mol. The number of nitrogens with zero attached hydrogens (tertiary/aromatic N) is 2. The van der Waals surface area contributed by atoms with Crippen molar-refractivity contribution in [3.8, 4) is 0 Å². The van der Waals surface area contributed by atoms with Crippen molar-refractivity contribution >= 4 is 21.1 Å². The van der Waals surface area contributed by atoms with E-state index in [-0.39, 0.29) is 10.7 Å². The van der Waals surface area contributed by atoms with Crippen molar-refractivity contribution in [3.63, 3.8) is 0 Å². The minimum atomic E-state index is -3.74. The van der Waals surface area contributed by atoms with Crippen LogP contribution < -0.4 is 0 Å². The van der Waals surface area contributed by atoms with Crippen LogP contribution >= 0.6 is 0 Å². The second-order valence-electron chi connectivity index (χ2n) is 5.91. The Morgan fingerprint density at radius 2 is 1.62 bits per heavy atom. The molecule has 0 radical (unpaired) electrons. The van der Waals surface area contributed by atoms with Crippen molar-refractivity contribution in [2.45, 2.75) is 11.3 Å². The zero-order chi connectivity index (χ0) is 18.1. The summed E-state index contributed by atoms with van der Waals surface area (Å²) in [6.07, 6.45) is 3.40. The van der Waals surface area contributed by atoms with Crippen molar-refractivity contribution in [2.24, 2.45) is 0 Å². The molecule has 0 aliphatic carbocycles. The monoisotopic (exact) mass is 366 g/mol. The predicted octanol–water partition coefficient (Wildman–Crippen LogP) is 4.00. The third kappa shape index (κ3) is 2.78. The lowest BCUT2D eigenvalue weighted by Gasteiger charge is -2.08. The molecule has 0 aliphatic heterocycles. The molecule has 6 heteroatoms. The lowest BCUT2D eigenvalue weighted by molar-refractivity contribution is 0.588. The molecule has 2 aromatic carbocycles. The molecule has 0 bridgehead atoms. The zero-order valence-electron chi connectivity index (χ0n) is 13.7. The molecule has 0 atom stereocenters. The van der Waals surface area contributed by atoms with E-state index in [9.17, 15) is 12.8 Å². The highest BCUT2D eigenvalue weighted by Gasteiger charge is 2.20. The minimum Gasteiger partial charge on any atom is -0.237 e. The van der Waals surface area contributed by atoms with E-state index in [0.29, 0.717) is 23.0 Å². The highest BCUT2D eigenvalue weighted by molar-refractivity contribution is 7.90. The summed E-state index contributed by atoms with van der Waals surface area (Å²) in [6.45, 7) is 0. The largest absolute Gasteiger partial charge is 0.269 e. The summed E-state index contributed by atoms with van der Waals surface area (Å²) in [4.78, 5) is 4.44. The van der Waals surface area contributed by atoms with Gasteiger partial charge in [0.25, 0.3) is 10.0 Å². The molecule has 0 saturated carbocycles. The molecule has 4 nitrogen and oxygen atoms in total. The molecule has 2 heterocycles. The zero-order valence-corrected chi connectivity index (χ0v) is 14.5. The molecule has 0 fully saturated rings. The molecule has 0 N–H and O–H groups in total. The van der Waals surface area contributed by atoms with Crippen LogP contribution in [0.25, 0.3) is 11.0 Å². The Balaban J connectivity index is 1.83. The molecule has 26 heavy (non-hydrogen) atoms. The number of rotatable bonds is 4. The first-order valence-electron chi connectivity index (χ1n) is 8.06. The summed E-state index contributed by atoms with van der Waals surface area (Å²) in [7, 11) is -3.74. The van der Waals surface area contributed by atoms with E-state index in [1.165, 1.54) is 16.2 Å². The lowest BCUT2D eigenvalue weighted by Crippen LogP contribution is -2.12. The van der Waals surface area contributed by atoms with Crippen LogP contribution in [0, 0.1) is 5.82 Å². The fourth-order valence-electron chi connectivity index (χ4n) is 2.97. The maximum atomic E-state index is 14.0. The Labute approximate surface area is 150 Å². The summed E-state index contributed by atoms with van der Waals surface area (Å²) < 4.78 is 40.9. The van der Waals surface area contributed by atoms with Gasteiger partial charge in [-0.15, -0.1) is 0 Å².